The lowest BCUT2D eigenvalue weighted by atomic mass is 9.47. The number of hydrogen-bond donors (Lipinski definition) is 2. The molecular formula is C20H30O4. The number of fused-ring (bicyclic) bond motifs is 1. The van der Waals surface area contributed by atoms with Crippen LogP contribution in [0.1, 0.15) is 59.3 Å². The number of aliphatic hydroxyl groups is 1. The Morgan fingerprint density at radius 3 is 2.54 bits per heavy atom. The number of carboxylic acids is 1. The first-order valence-electron chi connectivity index (χ1n) is 8.88. The maximum absolute atomic E-state index is 11.6. The summed E-state index contributed by atoms with van der Waals surface area (Å²) in [5.74, 6) is -1.68. The van der Waals surface area contributed by atoms with Gasteiger partial charge in [0.15, 0.2) is 0 Å². The summed E-state index contributed by atoms with van der Waals surface area (Å²) in [5, 5.41) is 18.2. The average molecular weight is 334 g/mol. The normalized spacial score (nSPS) is 33.0. The molecule has 0 unspecified atom stereocenters. The molecule has 0 heterocycles. The number of hydrogen-bond acceptors (Lipinski definition) is 3. The standard InChI is InChI=1S/C20H30O4/c1-13-6-9-16-19(2,3)10-5-11-20(16,4)15(13)8-7-14(12-21)17(22)18(23)24/h7,15-16,21H,1,5-6,8-12H2,2-4H3,(H,23,24)/b14-7+/t15-,16+,20+/m0/s1. The molecule has 0 saturated heterocycles. The van der Waals surface area contributed by atoms with E-state index in [1.165, 1.54) is 18.4 Å². The van der Waals surface area contributed by atoms with Crippen LogP contribution >= 0.6 is 0 Å². The van der Waals surface area contributed by atoms with Gasteiger partial charge in [-0.25, -0.2) is 4.79 Å². The van der Waals surface area contributed by atoms with Crippen LogP contribution in [0, 0.1) is 22.7 Å². The number of rotatable bonds is 5. The number of aliphatic hydroxyl groups excluding tert-OH is 1. The first-order chi connectivity index (χ1) is 11.1. The van der Waals surface area contributed by atoms with Gasteiger partial charge in [0.05, 0.1) is 6.61 Å². The molecule has 134 valence electrons. The Bertz CT molecular complexity index is 572. The molecule has 3 atom stereocenters. The molecule has 0 aromatic carbocycles. The van der Waals surface area contributed by atoms with Crippen LogP contribution in [-0.4, -0.2) is 28.6 Å². The molecular weight excluding hydrogens is 304 g/mol. The maximum Gasteiger partial charge on any atom is 0.376 e. The van der Waals surface area contributed by atoms with Gasteiger partial charge in [-0.1, -0.05) is 45.4 Å². The Kier molecular flexibility index (Phi) is 5.38. The van der Waals surface area contributed by atoms with Gasteiger partial charge in [-0.2, -0.15) is 0 Å². The minimum absolute atomic E-state index is 0.0175. The van der Waals surface area contributed by atoms with Crippen LogP contribution in [-0.2, 0) is 9.59 Å². The fourth-order valence-electron chi connectivity index (χ4n) is 5.34. The Morgan fingerprint density at radius 2 is 1.96 bits per heavy atom. The summed E-state index contributed by atoms with van der Waals surface area (Å²) in [5.41, 5.74) is 1.60. The first-order valence-corrected chi connectivity index (χ1v) is 8.88. The van der Waals surface area contributed by atoms with Crippen LogP contribution in [0.4, 0.5) is 0 Å². The molecule has 2 aliphatic carbocycles. The molecule has 24 heavy (non-hydrogen) atoms. The Morgan fingerprint density at radius 1 is 1.29 bits per heavy atom. The van der Waals surface area contributed by atoms with E-state index in [-0.39, 0.29) is 16.9 Å². The van der Waals surface area contributed by atoms with Crippen molar-refractivity contribution in [3.8, 4) is 0 Å². The number of allylic oxidation sites excluding steroid dienone is 2. The molecule has 2 N–H and O–H groups in total. The molecule has 2 saturated carbocycles. The molecule has 2 rings (SSSR count). The highest BCUT2D eigenvalue weighted by atomic mass is 16.4. The second kappa shape index (κ2) is 6.83. The topological polar surface area (TPSA) is 74.6 Å². The van der Waals surface area contributed by atoms with Crippen molar-refractivity contribution in [2.24, 2.45) is 22.7 Å². The van der Waals surface area contributed by atoms with E-state index in [4.69, 9.17) is 5.11 Å². The van der Waals surface area contributed by atoms with E-state index in [1.807, 2.05) is 0 Å². The highest BCUT2D eigenvalue weighted by Crippen LogP contribution is 2.61. The molecule has 0 amide bonds. The zero-order chi connectivity index (χ0) is 18.1. The van der Waals surface area contributed by atoms with E-state index >= 15 is 0 Å². The first kappa shape index (κ1) is 18.9. The summed E-state index contributed by atoms with van der Waals surface area (Å²) in [6.07, 6.45) is 7.92. The lowest BCUT2D eigenvalue weighted by molar-refractivity contribution is -0.147. The molecule has 2 fully saturated rings. The second-order valence-electron chi connectivity index (χ2n) is 8.41. The van der Waals surface area contributed by atoms with Crippen molar-refractivity contribution in [2.75, 3.05) is 6.61 Å². The number of carbonyl (C=O) groups is 2. The summed E-state index contributed by atoms with van der Waals surface area (Å²) >= 11 is 0. The molecule has 0 aromatic rings. The van der Waals surface area contributed by atoms with Crippen molar-refractivity contribution in [1.82, 2.24) is 0 Å². The van der Waals surface area contributed by atoms with E-state index in [0.29, 0.717) is 17.8 Å². The van der Waals surface area contributed by atoms with Gasteiger partial charge in [0, 0.05) is 5.57 Å². The average Bonchev–Trinajstić information content (AvgIpc) is 2.48. The van der Waals surface area contributed by atoms with Crippen molar-refractivity contribution < 1.29 is 19.8 Å². The summed E-state index contributed by atoms with van der Waals surface area (Å²) in [7, 11) is 0. The zero-order valence-corrected chi connectivity index (χ0v) is 15.1. The van der Waals surface area contributed by atoms with E-state index < -0.39 is 18.4 Å². The van der Waals surface area contributed by atoms with Crippen molar-refractivity contribution in [2.45, 2.75) is 59.3 Å². The zero-order valence-electron chi connectivity index (χ0n) is 15.1. The summed E-state index contributed by atoms with van der Waals surface area (Å²) in [6, 6.07) is 0. The predicted octanol–water partition coefficient (Wildman–Crippen LogP) is 3.75. The minimum atomic E-state index is -1.51. The third-order valence-corrected chi connectivity index (χ3v) is 6.58. The number of carboxylic acid groups (broad SMARTS) is 1. The summed E-state index contributed by atoms with van der Waals surface area (Å²) in [4.78, 5) is 22.5. The van der Waals surface area contributed by atoms with Gasteiger partial charge in [0.25, 0.3) is 5.78 Å². The van der Waals surface area contributed by atoms with E-state index in [2.05, 4.69) is 27.4 Å². The van der Waals surface area contributed by atoms with Crippen molar-refractivity contribution in [3.63, 3.8) is 0 Å². The molecule has 4 nitrogen and oxygen atoms in total. The van der Waals surface area contributed by atoms with Gasteiger partial charge in [-0.15, -0.1) is 0 Å². The third-order valence-electron chi connectivity index (χ3n) is 6.58. The molecule has 2 aliphatic rings. The lowest BCUT2D eigenvalue weighted by Gasteiger charge is -2.58. The second-order valence-corrected chi connectivity index (χ2v) is 8.41. The number of carbonyl (C=O) groups excluding carboxylic acids is 1. The largest absolute Gasteiger partial charge is 0.475 e. The van der Waals surface area contributed by atoms with Gasteiger partial charge in [0.1, 0.15) is 0 Å². The highest BCUT2D eigenvalue weighted by molar-refractivity contribution is 6.39. The van der Waals surface area contributed by atoms with Gasteiger partial charge < -0.3 is 10.2 Å². The number of Topliss-reactive ketones (excluding diaryl/α,β-unsaturated/α-hetero) is 1. The monoisotopic (exact) mass is 334 g/mol. The molecule has 4 heteroatoms. The molecule has 0 aliphatic heterocycles. The van der Waals surface area contributed by atoms with Gasteiger partial charge >= 0.3 is 5.97 Å². The fourth-order valence-corrected chi connectivity index (χ4v) is 5.34. The van der Waals surface area contributed by atoms with Crippen LogP contribution < -0.4 is 0 Å². The van der Waals surface area contributed by atoms with Crippen LogP contribution in [0.2, 0.25) is 0 Å². The lowest BCUT2D eigenvalue weighted by Crippen LogP contribution is -2.49. The summed E-state index contributed by atoms with van der Waals surface area (Å²) in [6.45, 7) is 10.8. The van der Waals surface area contributed by atoms with Gasteiger partial charge in [-0.05, 0) is 54.8 Å². The highest BCUT2D eigenvalue weighted by Gasteiger charge is 2.52. The SMILES string of the molecule is C=C1CC[C@@H]2C(C)(C)CCC[C@]2(C)[C@H]1C/C=C(\CO)C(=O)C(=O)O. The maximum atomic E-state index is 11.6. The van der Waals surface area contributed by atoms with Crippen LogP contribution in [0.3, 0.4) is 0 Å². The van der Waals surface area contributed by atoms with Gasteiger partial charge in [0.2, 0.25) is 0 Å². The van der Waals surface area contributed by atoms with Gasteiger partial charge in [-0.3, -0.25) is 4.79 Å². The Balaban J connectivity index is 2.28. The Hall–Kier alpha value is -1.42. The fraction of sp³-hybridized carbons (Fsp3) is 0.700. The molecule has 0 bridgehead atoms. The quantitative estimate of drug-likeness (QED) is 0.456. The molecule has 0 aromatic heterocycles. The van der Waals surface area contributed by atoms with E-state index in [0.717, 1.165) is 19.3 Å². The smallest absolute Gasteiger partial charge is 0.376 e. The van der Waals surface area contributed by atoms with E-state index in [9.17, 15) is 14.7 Å². The molecule has 0 spiro atoms. The third kappa shape index (κ3) is 3.34. The predicted molar refractivity (Wildman–Crippen MR) is 93.5 cm³/mol. The number of aliphatic carboxylic acids is 1. The van der Waals surface area contributed by atoms with Crippen molar-refractivity contribution in [3.05, 3.63) is 23.8 Å². The summed E-state index contributed by atoms with van der Waals surface area (Å²) < 4.78 is 0. The van der Waals surface area contributed by atoms with Crippen LogP contribution in [0.5, 0.6) is 0 Å². The van der Waals surface area contributed by atoms with E-state index in [1.54, 1.807) is 6.08 Å². The Labute approximate surface area is 144 Å². The van der Waals surface area contributed by atoms with Crippen LogP contribution in [0.15, 0.2) is 23.8 Å². The number of ketones is 1. The molecule has 0 radical (unpaired) electrons. The van der Waals surface area contributed by atoms with Crippen molar-refractivity contribution in [1.29, 1.82) is 0 Å². The van der Waals surface area contributed by atoms with Crippen LogP contribution in [0.25, 0.3) is 0 Å². The minimum Gasteiger partial charge on any atom is -0.475 e. The van der Waals surface area contributed by atoms with Crippen molar-refractivity contribution >= 4 is 11.8 Å².